The van der Waals surface area contributed by atoms with Gasteiger partial charge in [0, 0.05) is 35.3 Å². The fourth-order valence-corrected chi connectivity index (χ4v) is 3.93. The van der Waals surface area contributed by atoms with Crippen molar-refractivity contribution in [3.63, 3.8) is 0 Å². The van der Waals surface area contributed by atoms with Crippen molar-refractivity contribution in [3.8, 4) is 5.75 Å². The first-order chi connectivity index (χ1) is 10.6. The number of thioether (sulfide) groups is 3. The lowest BCUT2D eigenvalue weighted by molar-refractivity contribution is -0.131. The average molecular weight is 359 g/mol. The largest absolute Gasteiger partial charge is 0.426 e. The molecule has 0 aliphatic rings. The Hall–Kier alpha value is -0.260. The maximum Gasteiger partial charge on any atom is 0.308 e. The number of rotatable bonds is 10. The van der Waals surface area contributed by atoms with Gasteiger partial charge in [0.05, 0.1) is 0 Å². The fourth-order valence-electron chi connectivity index (χ4n) is 2.04. The second kappa shape index (κ2) is 11.3. The molecule has 0 saturated heterocycles. The van der Waals surface area contributed by atoms with E-state index in [1.54, 1.807) is 0 Å². The van der Waals surface area contributed by atoms with E-state index in [4.69, 9.17) is 4.74 Å². The van der Waals surface area contributed by atoms with Crippen LogP contribution in [0.5, 0.6) is 5.75 Å². The molecule has 0 aromatic heterocycles. The van der Waals surface area contributed by atoms with Gasteiger partial charge in [-0.05, 0) is 22.8 Å². The summed E-state index contributed by atoms with van der Waals surface area (Å²) >= 11 is 5.65. The van der Waals surface area contributed by atoms with Crippen LogP contribution in [0, 0.1) is 0 Å². The van der Waals surface area contributed by atoms with Crippen LogP contribution in [0.3, 0.4) is 0 Å². The maximum atomic E-state index is 11.5. The summed E-state index contributed by atoms with van der Waals surface area (Å²) in [4.78, 5) is 11.5. The van der Waals surface area contributed by atoms with E-state index < -0.39 is 0 Å². The van der Waals surface area contributed by atoms with E-state index in [-0.39, 0.29) is 5.97 Å². The van der Waals surface area contributed by atoms with Crippen LogP contribution in [0.4, 0.5) is 0 Å². The Balaban J connectivity index is 3.16. The van der Waals surface area contributed by atoms with Gasteiger partial charge in [-0.1, -0.05) is 32.9 Å². The molecule has 1 rings (SSSR count). The van der Waals surface area contributed by atoms with E-state index in [0.29, 0.717) is 0 Å². The van der Waals surface area contributed by atoms with Crippen molar-refractivity contribution >= 4 is 41.3 Å². The van der Waals surface area contributed by atoms with Crippen LogP contribution in [0.25, 0.3) is 0 Å². The number of carbonyl (C=O) groups excluding carboxylic acids is 1. The monoisotopic (exact) mass is 358 g/mol. The van der Waals surface area contributed by atoms with E-state index >= 15 is 0 Å². The Kier molecular flexibility index (Phi) is 10.2. The van der Waals surface area contributed by atoms with Gasteiger partial charge in [0.15, 0.2) is 0 Å². The molecule has 2 nitrogen and oxygen atoms in total. The summed E-state index contributed by atoms with van der Waals surface area (Å²) in [6.07, 6.45) is 0. The van der Waals surface area contributed by atoms with Gasteiger partial charge in [-0.15, -0.1) is 0 Å². The first kappa shape index (κ1) is 19.8. The van der Waals surface area contributed by atoms with Crippen molar-refractivity contribution in [3.05, 3.63) is 28.8 Å². The highest BCUT2D eigenvalue weighted by atomic mass is 32.2. The summed E-state index contributed by atoms with van der Waals surface area (Å²) in [5, 5.41) is 0. The molecule has 0 spiro atoms. The van der Waals surface area contributed by atoms with Crippen molar-refractivity contribution in [2.24, 2.45) is 0 Å². The third kappa shape index (κ3) is 6.88. The minimum absolute atomic E-state index is 0.235. The molecule has 0 bridgehead atoms. The maximum absolute atomic E-state index is 11.5. The van der Waals surface area contributed by atoms with Gasteiger partial charge in [-0.3, -0.25) is 4.79 Å². The number of hydrogen-bond donors (Lipinski definition) is 0. The zero-order valence-electron chi connectivity index (χ0n) is 13.9. The van der Waals surface area contributed by atoms with Crippen molar-refractivity contribution in [1.82, 2.24) is 0 Å². The van der Waals surface area contributed by atoms with Crippen LogP contribution in [0.15, 0.2) is 12.1 Å². The van der Waals surface area contributed by atoms with E-state index in [1.165, 1.54) is 12.5 Å². The molecule has 0 atom stereocenters. The Morgan fingerprint density at radius 1 is 0.909 bits per heavy atom. The van der Waals surface area contributed by atoms with Gasteiger partial charge >= 0.3 is 5.97 Å². The zero-order valence-corrected chi connectivity index (χ0v) is 16.4. The average Bonchev–Trinajstić information content (AvgIpc) is 2.50. The number of ether oxygens (including phenoxy) is 1. The van der Waals surface area contributed by atoms with Gasteiger partial charge < -0.3 is 4.74 Å². The number of carbonyl (C=O) groups is 1. The minimum atomic E-state index is -0.235. The number of hydrogen-bond acceptors (Lipinski definition) is 5. The lowest BCUT2D eigenvalue weighted by Crippen LogP contribution is -2.07. The SMILES string of the molecule is CCSCc1cc(CSCC)c(OC(C)=O)c(CSCC)c1. The lowest BCUT2D eigenvalue weighted by Gasteiger charge is -2.16. The van der Waals surface area contributed by atoms with Crippen molar-refractivity contribution < 1.29 is 9.53 Å². The molecule has 0 saturated carbocycles. The lowest BCUT2D eigenvalue weighted by atomic mass is 10.1. The molecule has 0 N–H and O–H groups in total. The molecule has 22 heavy (non-hydrogen) atoms. The quantitative estimate of drug-likeness (QED) is 0.414. The highest BCUT2D eigenvalue weighted by molar-refractivity contribution is 7.98. The van der Waals surface area contributed by atoms with Crippen LogP contribution < -0.4 is 4.74 Å². The Morgan fingerprint density at radius 2 is 1.36 bits per heavy atom. The van der Waals surface area contributed by atoms with Crippen LogP contribution >= 0.6 is 35.3 Å². The molecule has 124 valence electrons. The topological polar surface area (TPSA) is 26.3 Å². The van der Waals surface area contributed by atoms with Crippen molar-refractivity contribution in [2.75, 3.05) is 17.3 Å². The van der Waals surface area contributed by atoms with Crippen molar-refractivity contribution in [2.45, 2.75) is 45.0 Å². The second-order valence-corrected chi connectivity index (χ2v) is 8.57. The number of esters is 1. The predicted molar refractivity (Wildman–Crippen MR) is 103 cm³/mol. The number of benzene rings is 1. The normalized spacial score (nSPS) is 10.7. The molecule has 0 unspecified atom stereocenters. The van der Waals surface area contributed by atoms with E-state index in [1.807, 2.05) is 35.3 Å². The van der Waals surface area contributed by atoms with Crippen LogP contribution in [-0.2, 0) is 22.1 Å². The van der Waals surface area contributed by atoms with E-state index in [9.17, 15) is 4.79 Å². The van der Waals surface area contributed by atoms with E-state index in [0.717, 1.165) is 51.4 Å². The smallest absolute Gasteiger partial charge is 0.308 e. The summed E-state index contributed by atoms with van der Waals surface area (Å²) in [7, 11) is 0. The van der Waals surface area contributed by atoms with Gasteiger partial charge in [0.25, 0.3) is 0 Å². The summed E-state index contributed by atoms with van der Waals surface area (Å²) in [5.74, 6) is 6.61. The van der Waals surface area contributed by atoms with Crippen LogP contribution in [-0.4, -0.2) is 23.2 Å². The highest BCUT2D eigenvalue weighted by Gasteiger charge is 2.14. The first-order valence-corrected chi connectivity index (χ1v) is 11.1. The first-order valence-electron chi connectivity index (χ1n) is 7.68. The molecule has 0 heterocycles. The highest BCUT2D eigenvalue weighted by Crippen LogP contribution is 2.33. The molecular weight excluding hydrogens is 332 g/mol. The summed E-state index contributed by atoms with van der Waals surface area (Å²) < 4.78 is 5.56. The van der Waals surface area contributed by atoms with Gasteiger partial charge in [-0.2, -0.15) is 35.3 Å². The van der Waals surface area contributed by atoms with Crippen LogP contribution in [0.2, 0.25) is 0 Å². The third-order valence-electron chi connectivity index (χ3n) is 2.94. The predicted octanol–water partition coefficient (Wildman–Crippen LogP) is 5.37. The minimum Gasteiger partial charge on any atom is -0.426 e. The van der Waals surface area contributed by atoms with Crippen molar-refractivity contribution in [1.29, 1.82) is 0 Å². The van der Waals surface area contributed by atoms with Gasteiger partial charge in [0.2, 0.25) is 0 Å². The second-order valence-electron chi connectivity index (χ2n) is 4.75. The molecule has 0 aliphatic carbocycles. The Labute approximate surface area is 147 Å². The summed E-state index contributed by atoms with van der Waals surface area (Å²) in [5.41, 5.74) is 3.65. The van der Waals surface area contributed by atoms with Gasteiger partial charge in [-0.25, -0.2) is 0 Å². The summed E-state index contributed by atoms with van der Waals surface area (Å²) in [6, 6.07) is 4.42. The molecule has 0 fully saturated rings. The van der Waals surface area contributed by atoms with E-state index in [2.05, 4.69) is 32.9 Å². The molecule has 0 amide bonds. The molecular formula is C17H26O2S3. The molecule has 1 aromatic carbocycles. The Morgan fingerprint density at radius 3 is 1.77 bits per heavy atom. The van der Waals surface area contributed by atoms with Crippen LogP contribution in [0.1, 0.15) is 44.4 Å². The zero-order chi connectivity index (χ0) is 16.4. The molecule has 1 aromatic rings. The summed E-state index contributed by atoms with van der Waals surface area (Å²) in [6.45, 7) is 7.97. The molecule has 0 radical (unpaired) electrons. The third-order valence-corrected chi connectivity index (χ3v) is 5.74. The standard InChI is InChI=1S/C17H26O2S3/c1-5-20-10-14-8-15(11-21-6-2)17(19-13(4)18)16(9-14)12-22-7-3/h8-9H,5-7,10-12H2,1-4H3. The molecule has 0 aliphatic heterocycles. The Bertz CT molecular complexity index is 446. The van der Waals surface area contributed by atoms with Gasteiger partial charge in [0.1, 0.15) is 5.75 Å². The fraction of sp³-hybridized carbons (Fsp3) is 0.588. The molecule has 5 heteroatoms.